The van der Waals surface area contributed by atoms with Crippen LogP contribution in [0.15, 0.2) is 22.7 Å². The molecule has 1 aromatic heterocycles. The molecule has 3 N–H and O–H groups in total. The van der Waals surface area contributed by atoms with E-state index >= 15 is 0 Å². The number of primary amides is 1. The molecule has 0 aliphatic rings. The SMILES string of the molecule is CCCCc1noc(CNc2cccc(C(N)=O)c2C)n1. The molecule has 6 heteroatoms. The molecule has 0 spiro atoms. The van der Waals surface area contributed by atoms with Crippen LogP contribution in [0.1, 0.15) is 47.4 Å². The molecule has 1 amide bonds. The molecular weight excluding hydrogens is 268 g/mol. The normalized spacial score (nSPS) is 10.6. The van der Waals surface area contributed by atoms with Crippen LogP contribution >= 0.6 is 0 Å². The summed E-state index contributed by atoms with van der Waals surface area (Å²) in [6, 6.07) is 5.38. The third-order valence-electron chi connectivity index (χ3n) is 3.29. The van der Waals surface area contributed by atoms with Crippen molar-refractivity contribution in [3.05, 3.63) is 41.0 Å². The summed E-state index contributed by atoms with van der Waals surface area (Å²) in [5.41, 5.74) is 7.49. The predicted molar refractivity (Wildman–Crippen MR) is 79.9 cm³/mol. The molecule has 21 heavy (non-hydrogen) atoms. The highest BCUT2D eigenvalue weighted by Gasteiger charge is 2.10. The van der Waals surface area contributed by atoms with Crippen LogP contribution in [0.4, 0.5) is 5.69 Å². The van der Waals surface area contributed by atoms with E-state index in [-0.39, 0.29) is 0 Å². The van der Waals surface area contributed by atoms with Crippen molar-refractivity contribution in [1.29, 1.82) is 0 Å². The van der Waals surface area contributed by atoms with Crippen molar-refractivity contribution >= 4 is 11.6 Å². The summed E-state index contributed by atoms with van der Waals surface area (Å²) >= 11 is 0. The number of aryl methyl sites for hydroxylation is 1. The fourth-order valence-electron chi connectivity index (χ4n) is 2.06. The average Bonchev–Trinajstić information content (AvgIpc) is 2.91. The van der Waals surface area contributed by atoms with Gasteiger partial charge in [-0.25, -0.2) is 0 Å². The van der Waals surface area contributed by atoms with E-state index in [1.165, 1.54) is 0 Å². The van der Waals surface area contributed by atoms with Crippen LogP contribution in [0.2, 0.25) is 0 Å². The van der Waals surface area contributed by atoms with Gasteiger partial charge in [-0.05, 0) is 31.0 Å². The number of aromatic nitrogens is 2. The highest BCUT2D eigenvalue weighted by Crippen LogP contribution is 2.19. The Morgan fingerprint density at radius 1 is 1.43 bits per heavy atom. The lowest BCUT2D eigenvalue weighted by molar-refractivity contribution is 0.1000. The van der Waals surface area contributed by atoms with E-state index in [0.29, 0.717) is 18.0 Å². The molecule has 0 bridgehead atoms. The van der Waals surface area contributed by atoms with Crippen molar-refractivity contribution in [3.8, 4) is 0 Å². The Morgan fingerprint density at radius 3 is 2.95 bits per heavy atom. The summed E-state index contributed by atoms with van der Waals surface area (Å²) < 4.78 is 5.19. The minimum atomic E-state index is -0.434. The first-order chi connectivity index (χ1) is 10.1. The summed E-state index contributed by atoms with van der Waals surface area (Å²) in [6.45, 7) is 4.39. The fraction of sp³-hybridized carbons (Fsp3) is 0.400. The summed E-state index contributed by atoms with van der Waals surface area (Å²) in [5.74, 6) is 0.831. The number of benzene rings is 1. The minimum Gasteiger partial charge on any atom is -0.376 e. The van der Waals surface area contributed by atoms with E-state index in [1.807, 2.05) is 13.0 Å². The van der Waals surface area contributed by atoms with Gasteiger partial charge in [0, 0.05) is 17.7 Å². The standard InChI is InChI=1S/C15H20N4O2/c1-3-4-8-13-18-14(21-19-13)9-17-12-7-5-6-11(10(12)2)15(16)20/h5-7,17H,3-4,8-9H2,1-2H3,(H2,16,20). The number of nitrogens with two attached hydrogens (primary N) is 1. The Labute approximate surface area is 123 Å². The molecule has 2 rings (SSSR count). The van der Waals surface area contributed by atoms with Gasteiger partial charge in [0.25, 0.3) is 0 Å². The molecule has 0 saturated carbocycles. The van der Waals surface area contributed by atoms with Crippen LogP contribution in [0.5, 0.6) is 0 Å². The number of amides is 1. The Balaban J connectivity index is 2.01. The fourth-order valence-corrected chi connectivity index (χ4v) is 2.06. The summed E-state index contributed by atoms with van der Waals surface area (Å²) in [5, 5.41) is 7.12. The lowest BCUT2D eigenvalue weighted by Gasteiger charge is -2.09. The topological polar surface area (TPSA) is 94.0 Å². The lowest BCUT2D eigenvalue weighted by Crippen LogP contribution is -2.14. The van der Waals surface area contributed by atoms with Crippen molar-refractivity contribution in [2.45, 2.75) is 39.7 Å². The molecule has 2 aromatic rings. The predicted octanol–water partition coefficient (Wildman–Crippen LogP) is 2.43. The molecule has 0 aliphatic carbocycles. The maximum absolute atomic E-state index is 11.3. The lowest BCUT2D eigenvalue weighted by atomic mass is 10.1. The van der Waals surface area contributed by atoms with Crippen molar-refractivity contribution in [1.82, 2.24) is 10.1 Å². The van der Waals surface area contributed by atoms with Crippen molar-refractivity contribution in [2.75, 3.05) is 5.32 Å². The molecule has 112 valence electrons. The van der Waals surface area contributed by atoms with E-state index in [0.717, 1.165) is 36.3 Å². The maximum atomic E-state index is 11.3. The Kier molecular flexibility index (Phi) is 4.92. The van der Waals surface area contributed by atoms with E-state index in [4.69, 9.17) is 10.3 Å². The Morgan fingerprint density at radius 2 is 2.24 bits per heavy atom. The van der Waals surface area contributed by atoms with Gasteiger partial charge < -0.3 is 15.6 Å². The second kappa shape index (κ2) is 6.88. The quantitative estimate of drug-likeness (QED) is 0.816. The first-order valence-electron chi connectivity index (χ1n) is 7.06. The van der Waals surface area contributed by atoms with E-state index < -0.39 is 5.91 Å². The van der Waals surface area contributed by atoms with Gasteiger partial charge in [-0.15, -0.1) is 0 Å². The zero-order valence-electron chi connectivity index (χ0n) is 12.3. The van der Waals surface area contributed by atoms with Gasteiger partial charge in [-0.1, -0.05) is 24.6 Å². The summed E-state index contributed by atoms with van der Waals surface area (Å²) in [7, 11) is 0. The molecule has 0 fully saturated rings. The average molecular weight is 288 g/mol. The molecule has 1 heterocycles. The number of nitrogens with one attached hydrogen (secondary N) is 1. The maximum Gasteiger partial charge on any atom is 0.249 e. The molecule has 6 nitrogen and oxygen atoms in total. The second-order valence-electron chi connectivity index (χ2n) is 4.90. The van der Waals surface area contributed by atoms with Crippen LogP contribution in [0, 0.1) is 6.92 Å². The zero-order chi connectivity index (χ0) is 15.2. The third-order valence-corrected chi connectivity index (χ3v) is 3.29. The molecule has 0 radical (unpaired) electrons. The highest BCUT2D eigenvalue weighted by atomic mass is 16.5. The van der Waals surface area contributed by atoms with Crippen molar-refractivity contribution in [2.24, 2.45) is 5.73 Å². The number of unbranched alkanes of at least 4 members (excludes halogenated alkanes) is 1. The smallest absolute Gasteiger partial charge is 0.249 e. The molecule has 0 unspecified atom stereocenters. The first kappa shape index (κ1) is 15.0. The van der Waals surface area contributed by atoms with Gasteiger partial charge >= 0.3 is 0 Å². The number of anilines is 1. The van der Waals surface area contributed by atoms with E-state index in [9.17, 15) is 4.79 Å². The van der Waals surface area contributed by atoms with Crippen LogP contribution < -0.4 is 11.1 Å². The van der Waals surface area contributed by atoms with Gasteiger partial charge in [0.15, 0.2) is 5.82 Å². The molecule has 0 aliphatic heterocycles. The van der Waals surface area contributed by atoms with Gasteiger partial charge in [-0.3, -0.25) is 4.79 Å². The summed E-state index contributed by atoms with van der Waals surface area (Å²) in [4.78, 5) is 15.6. The van der Waals surface area contributed by atoms with Gasteiger partial charge in [0.05, 0.1) is 6.54 Å². The summed E-state index contributed by atoms with van der Waals surface area (Å²) in [6.07, 6.45) is 2.98. The van der Waals surface area contributed by atoms with Gasteiger partial charge in [-0.2, -0.15) is 4.98 Å². The van der Waals surface area contributed by atoms with Crippen LogP contribution in [0.25, 0.3) is 0 Å². The Bertz CT molecular complexity index is 622. The zero-order valence-corrected chi connectivity index (χ0v) is 12.3. The van der Waals surface area contributed by atoms with Crippen molar-refractivity contribution in [3.63, 3.8) is 0 Å². The van der Waals surface area contributed by atoms with Crippen LogP contribution in [-0.4, -0.2) is 16.0 Å². The molecular formula is C15H20N4O2. The van der Waals surface area contributed by atoms with Crippen LogP contribution in [-0.2, 0) is 13.0 Å². The second-order valence-corrected chi connectivity index (χ2v) is 4.90. The number of hydrogen-bond donors (Lipinski definition) is 2. The first-order valence-corrected chi connectivity index (χ1v) is 7.06. The number of nitrogens with zero attached hydrogens (tertiary/aromatic N) is 2. The van der Waals surface area contributed by atoms with Crippen LogP contribution in [0.3, 0.4) is 0 Å². The van der Waals surface area contributed by atoms with E-state index in [1.54, 1.807) is 12.1 Å². The van der Waals surface area contributed by atoms with E-state index in [2.05, 4.69) is 22.4 Å². The molecule has 0 saturated heterocycles. The minimum absolute atomic E-state index is 0.419. The highest BCUT2D eigenvalue weighted by molar-refractivity contribution is 5.95. The number of hydrogen-bond acceptors (Lipinski definition) is 5. The largest absolute Gasteiger partial charge is 0.376 e. The number of rotatable bonds is 7. The third kappa shape index (κ3) is 3.81. The Hall–Kier alpha value is -2.37. The number of carbonyl (C=O) groups excluding carboxylic acids is 1. The van der Waals surface area contributed by atoms with Crippen molar-refractivity contribution < 1.29 is 9.32 Å². The van der Waals surface area contributed by atoms with Gasteiger partial charge in [0.1, 0.15) is 0 Å². The monoisotopic (exact) mass is 288 g/mol. The molecule has 0 atom stereocenters. The number of carbonyl (C=O) groups is 1. The van der Waals surface area contributed by atoms with Gasteiger partial charge in [0.2, 0.25) is 11.8 Å². The molecule has 1 aromatic carbocycles.